The standard InChI is InChI=1S/C19H22F2N2/c1-12-3-4-14(7-13(12)2)15-8-16(22)11-23(10-15)17-5-6-18(20)19(21)9-17/h3-7,9,15-16H,8,10-11,22H2,1-2H3. The second-order valence-electron chi connectivity index (χ2n) is 6.54. The van der Waals surface area contributed by atoms with Crippen LogP contribution >= 0.6 is 0 Å². The minimum Gasteiger partial charge on any atom is -0.369 e. The van der Waals surface area contributed by atoms with Gasteiger partial charge in [-0.25, -0.2) is 8.78 Å². The molecule has 0 aromatic heterocycles. The first-order valence-corrected chi connectivity index (χ1v) is 7.97. The lowest BCUT2D eigenvalue weighted by atomic mass is 9.87. The molecule has 1 fully saturated rings. The van der Waals surface area contributed by atoms with E-state index in [0.717, 1.165) is 13.0 Å². The van der Waals surface area contributed by atoms with Gasteiger partial charge in [0.1, 0.15) is 0 Å². The van der Waals surface area contributed by atoms with Gasteiger partial charge in [0, 0.05) is 36.8 Å². The molecule has 0 saturated carbocycles. The van der Waals surface area contributed by atoms with E-state index in [4.69, 9.17) is 5.73 Å². The number of rotatable bonds is 2. The van der Waals surface area contributed by atoms with Crippen LogP contribution in [0.15, 0.2) is 36.4 Å². The predicted molar refractivity (Wildman–Crippen MR) is 89.8 cm³/mol. The van der Waals surface area contributed by atoms with Crippen molar-refractivity contribution in [3.8, 4) is 0 Å². The van der Waals surface area contributed by atoms with Gasteiger partial charge in [-0.15, -0.1) is 0 Å². The Morgan fingerprint density at radius 2 is 1.74 bits per heavy atom. The number of halogens is 2. The number of nitrogens with zero attached hydrogens (tertiary/aromatic N) is 1. The average Bonchev–Trinajstić information content (AvgIpc) is 2.52. The molecule has 2 N–H and O–H groups in total. The molecule has 1 aliphatic heterocycles. The molecule has 0 aliphatic carbocycles. The topological polar surface area (TPSA) is 29.3 Å². The molecule has 0 amide bonds. The van der Waals surface area contributed by atoms with Crippen LogP contribution in [0.3, 0.4) is 0 Å². The average molecular weight is 316 g/mol. The summed E-state index contributed by atoms with van der Waals surface area (Å²) in [7, 11) is 0. The lowest BCUT2D eigenvalue weighted by Crippen LogP contribution is -2.46. The summed E-state index contributed by atoms with van der Waals surface area (Å²) in [5.74, 6) is -1.34. The fourth-order valence-electron chi connectivity index (χ4n) is 3.29. The molecule has 4 heteroatoms. The summed E-state index contributed by atoms with van der Waals surface area (Å²) >= 11 is 0. The monoisotopic (exact) mass is 316 g/mol. The quantitative estimate of drug-likeness (QED) is 0.910. The first-order chi connectivity index (χ1) is 10.9. The van der Waals surface area contributed by atoms with Crippen LogP contribution in [0, 0.1) is 25.5 Å². The second-order valence-corrected chi connectivity index (χ2v) is 6.54. The Bertz CT molecular complexity index is 655. The van der Waals surface area contributed by atoms with E-state index in [1.807, 2.05) is 0 Å². The van der Waals surface area contributed by atoms with Crippen molar-refractivity contribution < 1.29 is 8.78 Å². The van der Waals surface area contributed by atoms with E-state index in [1.54, 1.807) is 6.07 Å². The summed E-state index contributed by atoms with van der Waals surface area (Å²) in [6, 6.07) is 10.6. The highest BCUT2D eigenvalue weighted by Gasteiger charge is 2.27. The van der Waals surface area contributed by atoms with Crippen LogP contribution in [0.5, 0.6) is 0 Å². The van der Waals surface area contributed by atoms with Gasteiger partial charge in [0.05, 0.1) is 0 Å². The van der Waals surface area contributed by atoms with Crippen molar-refractivity contribution in [3.05, 3.63) is 64.7 Å². The van der Waals surface area contributed by atoms with Crippen LogP contribution in [0.2, 0.25) is 0 Å². The minimum atomic E-state index is -0.819. The first-order valence-electron chi connectivity index (χ1n) is 7.97. The molecule has 2 atom stereocenters. The third-order valence-electron chi connectivity index (χ3n) is 4.75. The number of hydrogen-bond donors (Lipinski definition) is 1. The molecule has 3 rings (SSSR count). The molecular weight excluding hydrogens is 294 g/mol. The predicted octanol–water partition coefficient (Wildman–Crippen LogP) is 3.90. The Morgan fingerprint density at radius 3 is 2.43 bits per heavy atom. The van der Waals surface area contributed by atoms with Gasteiger partial charge in [0.15, 0.2) is 11.6 Å². The summed E-state index contributed by atoms with van der Waals surface area (Å²) in [4.78, 5) is 2.05. The van der Waals surface area contributed by atoms with E-state index in [9.17, 15) is 8.78 Å². The maximum atomic E-state index is 13.5. The highest BCUT2D eigenvalue weighted by Crippen LogP contribution is 2.31. The zero-order valence-electron chi connectivity index (χ0n) is 13.5. The Labute approximate surface area is 135 Å². The van der Waals surface area contributed by atoms with Crippen molar-refractivity contribution in [1.29, 1.82) is 0 Å². The number of benzene rings is 2. The molecule has 1 heterocycles. The van der Waals surface area contributed by atoms with Gasteiger partial charge in [-0.1, -0.05) is 18.2 Å². The molecule has 1 aliphatic rings. The molecule has 2 nitrogen and oxygen atoms in total. The van der Waals surface area contributed by atoms with Crippen molar-refractivity contribution in [2.24, 2.45) is 5.73 Å². The van der Waals surface area contributed by atoms with Gasteiger partial charge < -0.3 is 10.6 Å². The molecule has 0 spiro atoms. The fraction of sp³-hybridized carbons (Fsp3) is 0.368. The van der Waals surface area contributed by atoms with Crippen LogP contribution in [0.4, 0.5) is 14.5 Å². The van der Waals surface area contributed by atoms with Gasteiger partial charge in [0.25, 0.3) is 0 Å². The Balaban J connectivity index is 1.86. The normalized spacial score (nSPS) is 21.5. The Kier molecular flexibility index (Phi) is 4.35. The van der Waals surface area contributed by atoms with Crippen molar-refractivity contribution in [1.82, 2.24) is 0 Å². The zero-order valence-corrected chi connectivity index (χ0v) is 13.5. The van der Waals surface area contributed by atoms with E-state index in [2.05, 4.69) is 36.9 Å². The number of nitrogens with two attached hydrogens (primary N) is 1. The lowest BCUT2D eigenvalue weighted by Gasteiger charge is -2.38. The molecule has 2 aromatic carbocycles. The molecule has 122 valence electrons. The highest BCUT2D eigenvalue weighted by molar-refractivity contribution is 5.48. The van der Waals surface area contributed by atoms with Crippen molar-refractivity contribution in [3.63, 3.8) is 0 Å². The van der Waals surface area contributed by atoms with Crippen LogP contribution in [0.1, 0.15) is 29.0 Å². The van der Waals surface area contributed by atoms with Crippen molar-refractivity contribution in [2.75, 3.05) is 18.0 Å². The SMILES string of the molecule is Cc1ccc(C2CC(N)CN(c3ccc(F)c(F)c3)C2)cc1C. The van der Waals surface area contributed by atoms with E-state index >= 15 is 0 Å². The van der Waals surface area contributed by atoms with E-state index in [0.29, 0.717) is 18.2 Å². The molecule has 1 saturated heterocycles. The van der Waals surface area contributed by atoms with Gasteiger partial charge in [-0.05, 0) is 49.1 Å². The summed E-state index contributed by atoms with van der Waals surface area (Å²) in [5.41, 5.74) is 10.7. The maximum absolute atomic E-state index is 13.5. The van der Waals surface area contributed by atoms with E-state index in [1.165, 1.54) is 28.8 Å². The van der Waals surface area contributed by atoms with Crippen LogP contribution in [-0.2, 0) is 0 Å². The van der Waals surface area contributed by atoms with Gasteiger partial charge in [-0.3, -0.25) is 0 Å². The number of hydrogen-bond acceptors (Lipinski definition) is 2. The van der Waals surface area contributed by atoms with E-state index < -0.39 is 11.6 Å². The Morgan fingerprint density at radius 1 is 0.957 bits per heavy atom. The van der Waals surface area contributed by atoms with Crippen LogP contribution in [0.25, 0.3) is 0 Å². The summed E-state index contributed by atoms with van der Waals surface area (Å²) in [6.07, 6.45) is 0.905. The number of anilines is 1. The van der Waals surface area contributed by atoms with Crippen LogP contribution < -0.4 is 10.6 Å². The summed E-state index contributed by atoms with van der Waals surface area (Å²) < 4.78 is 26.7. The number of piperidine rings is 1. The Hall–Kier alpha value is -1.94. The van der Waals surface area contributed by atoms with Crippen LogP contribution in [-0.4, -0.2) is 19.1 Å². The van der Waals surface area contributed by atoms with E-state index in [-0.39, 0.29) is 6.04 Å². The number of aryl methyl sites for hydroxylation is 2. The van der Waals surface area contributed by atoms with Gasteiger partial charge in [0.2, 0.25) is 0 Å². The largest absolute Gasteiger partial charge is 0.369 e. The molecule has 0 bridgehead atoms. The van der Waals surface area contributed by atoms with Crippen molar-refractivity contribution >= 4 is 5.69 Å². The zero-order chi connectivity index (χ0) is 16.6. The summed E-state index contributed by atoms with van der Waals surface area (Å²) in [6.45, 7) is 5.63. The first kappa shape index (κ1) is 15.9. The second kappa shape index (κ2) is 6.28. The fourth-order valence-corrected chi connectivity index (χ4v) is 3.29. The smallest absolute Gasteiger partial charge is 0.160 e. The van der Waals surface area contributed by atoms with Gasteiger partial charge in [-0.2, -0.15) is 0 Å². The molecule has 23 heavy (non-hydrogen) atoms. The third kappa shape index (κ3) is 3.37. The minimum absolute atomic E-state index is 0.0171. The summed E-state index contributed by atoms with van der Waals surface area (Å²) in [5, 5.41) is 0. The molecule has 2 unspecified atom stereocenters. The maximum Gasteiger partial charge on any atom is 0.160 e. The third-order valence-corrected chi connectivity index (χ3v) is 4.75. The highest BCUT2D eigenvalue weighted by atomic mass is 19.2. The molecular formula is C19H22F2N2. The van der Waals surface area contributed by atoms with Gasteiger partial charge >= 0.3 is 0 Å². The molecule has 2 aromatic rings. The lowest BCUT2D eigenvalue weighted by molar-refractivity contribution is 0.452. The molecule has 0 radical (unpaired) electrons. The van der Waals surface area contributed by atoms with Crippen molar-refractivity contribution in [2.45, 2.75) is 32.2 Å².